The highest BCUT2D eigenvalue weighted by Gasteiger charge is 2.13. The third-order valence-electron chi connectivity index (χ3n) is 3.81. The van der Waals surface area contributed by atoms with Gasteiger partial charge in [-0.05, 0) is 36.4 Å². The minimum absolute atomic E-state index is 0.239. The summed E-state index contributed by atoms with van der Waals surface area (Å²) < 4.78 is 30.1. The van der Waals surface area contributed by atoms with Crippen LogP contribution in [0.4, 0.5) is 5.82 Å². The molecule has 0 unspecified atom stereocenters. The molecule has 7 nitrogen and oxygen atoms in total. The Bertz CT molecular complexity index is 1020. The van der Waals surface area contributed by atoms with Crippen LogP contribution in [0.15, 0.2) is 59.5 Å². The summed E-state index contributed by atoms with van der Waals surface area (Å²) in [7, 11) is -1.68. The maximum Gasteiger partial charge on any atom is 0.212 e. The molecule has 2 aromatic carbocycles. The van der Waals surface area contributed by atoms with Gasteiger partial charge in [0.05, 0.1) is 23.4 Å². The predicted molar refractivity (Wildman–Crippen MR) is 98.3 cm³/mol. The molecular weight excluding hydrogens is 354 g/mol. The summed E-state index contributed by atoms with van der Waals surface area (Å²) in [6, 6.07) is 15.5. The lowest BCUT2D eigenvalue weighted by atomic mass is 10.1. The summed E-state index contributed by atoms with van der Waals surface area (Å²) >= 11 is 0. The minimum Gasteiger partial charge on any atom is -0.497 e. The zero-order valence-corrected chi connectivity index (χ0v) is 15.0. The van der Waals surface area contributed by atoms with Crippen molar-refractivity contribution in [1.82, 2.24) is 9.78 Å². The number of amides is 1. The minimum atomic E-state index is -3.27. The Kier molecular flexibility index (Phi) is 4.77. The highest BCUT2D eigenvalue weighted by molar-refractivity contribution is 7.90. The van der Waals surface area contributed by atoms with Crippen LogP contribution < -0.4 is 10.1 Å². The number of rotatable bonds is 6. The second kappa shape index (κ2) is 7.01. The van der Waals surface area contributed by atoms with Gasteiger partial charge in [-0.25, -0.2) is 13.1 Å². The molecule has 0 fully saturated rings. The third-order valence-corrected chi connectivity index (χ3v) is 4.94. The first-order chi connectivity index (χ1) is 12.4. The highest BCUT2D eigenvalue weighted by Crippen LogP contribution is 2.27. The van der Waals surface area contributed by atoms with Gasteiger partial charge in [0.25, 0.3) is 0 Å². The average molecular weight is 371 g/mol. The van der Waals surface area contributed by atoms with Gasteiger partial charge < -0.3 is 10.1 Å². The van der Waals surface area contributed by atoms with Crippen LogP contribution in [-0.4, -0.2) is 38.0 Å². The Hall–Kier alpha value is -3.13. The number of nitrogens with one attached hydrogen (secondary N) is 1. The number of nitrogens with zero attached hydrogens (tertiary/aromatic N) is 2. The molecule has 0 bridgehead atoms. The zero-order chi connectivity index (χ0) is 18.7. The largest absolute Gasteiger partial charge is 0.497 e. The maximum atomic E-state index is 11.6. The van der Waals surface area contributed by atoms with Crippen molar-refractivity contribution < 1.29 is 17.9 Å². The Morgan fingerprint density at radius 3 is 2.27 bits per heavy atom. The number of anilines is 1. The van der Waals surface area contributed by atoms with E-state index in [1.807, 2.05) is 12.1 Å². The smallest absolute Gasteiger partial charge is 0.212 e. The number of ether oxygens (including phenoxy) is 1. The Balaban J connectivity index is 2.09. The first-order valence-electron chi connectivity index (χ1n) is 7.67. The van der Waals surface area contributed by atoms with Gasteiger partial charge in [-0.2, -0.15) is 0 Å². The lowest BCUT2D eigenvalue weighted by Crippen LogP contribution is -2.01. The van der Waals surface area contributed by atoms with E-state index < -0.39 is 9.84 Å². The molecule has 0 aliphatic carbocycles. The fraction of sp³-hybridized carbons (Fsp3) is 0.111. The molecule has 134 valence electrons. The number of aromatic nitrogens is 2. The van der Waals surface area contributed by atoms with E-state index in [2.05, 4.69) is 10.4 Å². The second-order valence-electron chi connectivity index (χ2n) is 5.58. The molecular formula is C18H17N3O4S. The average Bonchev–Trinajstić information content (AvgIpc) is 3.05. The Morgan fingerprint density at radius 1 is 1.08 bits per heavy atom. The molecule has 0 spiro atoms. The number of hydrogen-bond acceptors (Lipinski definition) is 5. The van der Waals surface area contributed by atoms with Crippen LogP contribution in [0.1, 0.15) is 0 Å². The monoisotopic (exact) mass is 371 g/mol. The number of hydrogen-bond donors (Lipinski definition) is 1. The van der Waals surface area contributed by atoms with Crippen molar-refractivity contribution in [2.24, 2.45) is 0 Å². The van der Waals surface area contributed by atoms with Crippen LogP contribution in [0.2, 0.25) is 0 Å². The molecule has 3 rings (SSSR count). The lowest BCUT2D eigenvalue weighted by Gasteiger charge is -2.09. The van der Waals surface area contributed by atoms with Crippen LogP contribution in [0.25, 0.3) is 16.9 Å². The summed E-state index contributed by atoms with van der Waals surface area (Å²) in [6.07, 6.45) is 1.72. The van der Waals surface area contributed by atoms with Crippen molar-refractivity contribution in [1.29, 1.82) is 0 Å². The van der Waals surface area contributed by atoms with Gasteiger partial charge >= 0.3 is 0 Å². The van der Waals surface area contributed by atoms with Crippen LogP contribution in [0.3, 0.4) is 0 Å². The first kappa shape index (κ1) is 17.7. The number of benzene rings is 2. The van der Waals surface area contributed by atoms with Gasteiger partial charge in [0.15, 0.2) is 15.7 Å². The van der Waals surface area contributed by atoms with Crippen molar-refractivity contribution in [3.63, 3.8) is 0 Å². The van der Waals surface area contributed by atoms with E-state index in [4.69, 9.17) is 4.74 Å². The lowest BCUT2D eigenvalue weighted by molar-refractivity contribution is -0.105. The van der Waals surface area contributed by atoms with Gasteiger partial charge in [-0.15, -0.1) is 5.10 Å². The van der Waals surface area contributed by atoms with Gasteiger partial charge in [-0.3, -0.25) is 4.79 Å². The molecule has 8 heteroatoms. The summed E-state index contributed by atoms with van der Waals surface area (Å²) in [6.45, 7) is 0. The van der Waals surface area contributed by atoms with Gasteiger partial charge in [0.2, 0.25) is 6.41 Å². The SMILES string of the molecule is COc1ccc(-n2nc(NC=O)cc2-c2ccc(S(C)(=O)=O)cc2)cc1. The molecule has 0 atom stereocenters. The summed E-state index contributed by atoms with van der Waals surface area (Å²) in [5.41, 5.74) is 2.24. The molecule has 0 aliphatic rings. The number of sulfone groups is 1. The van der Waals surface area contributed by atoms with Crippen molar-refractivity contribution in [2.75, 3.05) is 18.7 Å². The van der Waals surface area contributed by atoms with E-state index in [-0.39, 0.29) is 4.90 Å². The molecule has 0 saturated carbocycles. The second-order valence-corrected chi connectivity index (χ2v) is 7.60. The van der Waals surface area contributed by atoms with Crippen molar-refractivity contribution >= 4 is 22.1 Å². The molecule has 1 aromatic heterocycles. The zero-order valence-electron chi connectivity index (χ0n) is 14.2. The first-order valence-corrected chi connectivity index (χ1v) is 9.56. The van der Waals surface area contributed by atoms with E-state index in [1.165, 1.54) is 0 Å². The summed E-state index contributed by atoms with van der Waals surface area (Å²) in [5, 5.41) is 6.92. The molecule has 0 radical (unpaired) electrons. The fourth-order valence-electron chi connectivity index (χ4n) is 2.51. The van der Waals surface area contributed by atoms with Crippen molar-refractivity contribution in [3.05, 3.63) is 54.6 Å². The standard InChI is InChI=1S/C18H17N3O4S/c1-25-15-7-5-14(6-8-15)21-17(11-18(20-21)19-12-22)13-3-9-16(10-4-13)26(2,23)24/h3-12H,1-2H3,(H,19,20,22). The Labute approximate surface area is 151 Å². The van der Waals surface area contributed by atoms with E-state index >= 15 is 0 Å². The normalized spacial score (nSPS) is 11.2. The van der Waals surface area contributed by atoms with Crippen LogP contribution in [-0.2, 0) is 14.6 Å². The van der Waals surface area contributed by atoms with Crippen LogP contribution in [0, 0.1) is 0 Å². The molecule has 0 saturated heterocycles. The molecule has 1 amide bonds. The molecule has 1 N–H and O–H groups in total. The third kappa shape index (κ3) is 3.60. The highest BCUT2D eigenvalue weighted by atomic mass is 32.2. The van der Waals surface area contributed by atoms with Crippen molar-refractivity contribution in [3.8, 4) is 22.7 Å². The van der Waals surface area contributed by atoms with E-state index in [9.17, 15) is 13.2 Å². The van der Waals surface area contributed by atoms with E-state index in [1.54, 1.807) is 54.3 Å². The van der Waals surface area contributed by atoms with E-state index in [0.29, 0.717) is 23.7 Å². The van der Waals surface area contributed by atoms with Crippen LogP contribution in [0.5, 0.6) is 5.75 Å². The fourth-order valence-corrected chi connectivity index (χ4v) is 3.14. The summed E-state index contributed by atoms with van der Waals surface area (Å²) in [4.78, 5) is 11.0. The van der Waals surface area contributed by atoms with Gasteiger partial charge in [0.1, 0.15) is 5.75 Å². The molecule has 26 heavy (non-hydrogen) atoms. The number of methoxy groups -OCH3 is 1. The molecule has 3 aromatic rings. The Morgan fingerprint density at radius 2 is 1.73 bits per heavy atom. The molecule has 1 heterocycles. The number of carbonyl (C=O) groups is 1. The molecule has 0 aliphatic heterocycles. The van der Waals surface area contributed by atoms with E-state index in [0.717, 1.165) is 17.5 Å². The van der Waals surface area contributed by atoms with Crippen molar-refractivity contribution in [2.45, 2.75) is 4.90 Å². The van der Waals surface area contributed by atoms with Crippen LogP contribution >= 0.6 is 0 Å². The van der Waals surface area contributed by atoms with Gasteiger partial charge in [-0.1, -0.05) is 12.1 Å². The quantitative estimate of drug-likeness (QED) is 0.673. The number of carbonyl (C=O) groups excluding carboxylic acids is 1. The van der Waals surface area contributed by atoms with Gasteiger partial charge in [0, 0.05) is 17.9 Å². The maximum absolute atomic E-state index is 11.6. The summed E-state index contributed by atoms with van der Waals surface area (Å²) in [5.74, 6) is 1.10. The topological polar surface area (TPSA) is 90.3 Å². The predicted octanol–water partition coefficient (Wildman–Crippen LogP) is 2.52.